The number of ether oxygens (including phenoxy) is 1. The van der Waals surface area contributed by atoms with Crippen molar-refractivity contribution in [3.05, 3.63) is 11.9 Å². The number of aryl methyl sites for hydroxylation is 1. The van der Waals surface area contributed by atoms with E-state index in [-0.39, 0.29) is 0 Å². The molecule has 1 unspecified atom stereocenters. The third kappa shape index (κ3) is 6.41. The highest BCUT2D eigenvalue weighted by molar-refractivity contribution is 5.39. The van der Waals surface area contributed by atoms with E-state index >= 15 is 0 Å². The van der Waals surface area contributed by atoms with Crippen molar-refractivity contribution in [2.75, 3.05) is 11.9 Å². The Balaban J connectivity index is 2.46. The highest BCUT2D eigenvalue weighted by atomic mass is 16.5. The van der Waals surface area contributed by atoms with Gasteiger partial charge in [-0.25, -0.2) is 4.98 Å². The summed E-state index contributed by atoms with van der Waals surface area (Å²) in [7, 11) is 0. The van der Waals surface area contributed by atoms with Gasteiger partial charge < -0.3 is 10.1 Å². The molecule has 1 aromatic heterocycles. The predicted molar refractivity (Wildman–Crippen MR) is 79.8 cm³/mol. The summed E-state index contributed by atoms with van der Waals surface area (Å²) < 4.78 is 5.43. The minimum Gasteiger partial charge on any atom is -0.478 e. The summed E-state index contributed by atoms with van der Waals surface area (Å²) >= 11 is 0. The fourth-order valence-electron chi connectivity index (χ4n) is 2.04. The number of hydrogen-bond donors (Lipinski definition) is 1. The van der Waals surface area contributed by atoms with Crippen molar-refractivity contribution < 1.29 is 4.74 Å². The van der Waals surface area contributed by atoms with Gasteiger partial charge in [-0.1, -0.05) is 32.6 Å². The van der Waals surface area contributed by atoms with E-state index in [1.807, 2.05) is 19.9 Å². The molecule has 0 bridgehead atoms. The number of aromatic nitrogens is 2. The zero-order chi connectivity index (χ0) is 14.1. The normalized spacial score (nSPS) is 12.2. The molecule has 0 fully saturated rings. The van der Waals surface area contributed by atoms with Gasteiger partial charge >= 0.3 is 0 Å². The van der Waals surface area contributed by atoms with Crippen molar-refractivity contribution in [1.29, 1.82) is 0 Å². The lowest BCUT2D eigenvalue weighted by atomic mass is 10.1. The number of nitrogens with one attached hydrogen (secondary N) is 1. The summed E-state index contributed by atoms with van der Waals surface area (Å²) in [5.41, 5.74) is 0. The van der Waals surface area contributed by atoms with Crippen LogP contribution in [0.5, 0.6) is 5.88 Å². The summed E-state index contributed by atoms with van der Waals surface area (Å²) in [4.78, 5) is 8.64. The van der Waals surface area contributed by atoms with Crippen LogP contribution in [0.1, 0.15) is 58.7 Å². The van der Waals surface area contributed by atoms with Gasteiger partial charge in [0, 0.05) is 12.1 Å². The van der Waals surface area contributed by atoms with E-state index in [4.69, 9.17) is 4.74 Å². The molecule has 0 amide bonds. The standard InChI is InChI=1S/C15H27N3O/c1-5-7-8-9-10-12(3)16-14-11-15(19-6-2)18-13(4)17-14/h11-12H,5-10H2,1-4H3,(H,16,17,18). The first-order chi connectivity index (χ1) is 9.15. The van der Waals surface area contributed by atoms with Crippen LogP contribution < -0.4 is 10.1 Å². The second-order valence-electron chi connectivity index (χ2n) is 4.97. The van der Waals surface area contributed by atoms with Gasteiger partial charge in [0.25, 0.3) is 0 Å². The molecule has 0 aliphatic carbocycles. The minimum atomic E-state index is 0.431. The first-order valence-electron chi connectivity index (χ1n) is 7.40. The van der Waals surface area contributed by atoms with Gasteiger partial charge in [0.1, 0.15) is 11.6 Å². The molecule has 0 radical (unpaired) electrons. The van der Waals surface area contributed by atoms with Crippen LogP contribution >= 0.6 is 0 Å². The number of anilines is 1. The lowest BCUT2D eigenvalue weighted by Crippen LogP contribution is -2.16. The minimum absolute atomic E-state index is 0.431. The van der Waals surface area contributed by atoms with Crippen LogP contribution in [-0.2, 0) is 0 Å². The number of unbranched alkanes of at least 4 members (excludes halogenated alkanes) is 3. The first kappa shape index (κ1) is 15.7. The van der Waals surface area contributed by atoms with E-state index in [1.54, 1.807) is 0 Å². The van der Waals surface area contributed by atoms with Crippen molar-refractivity contribution in [3.8, 4) is 5.88 Å². The van der Waals surface area contributed by atoms with Crippen molar-refractivity contribution >= 4 is 5.82 Å². The summed E-state index contributed by atoms with van der Waals surface area (Å²) in [5.74, 6) is 2.25. The third-order valence-corrected chi connectivity index (χ3v) is 2.99. The zero-order valence-corrected chi connectivity index (χ0v) is 12.7. The molecule has 1 aromatic rings. The highest BCUT2D eigenvalue weighted by Gasteiger charge is 2.06. The van der Waals surface area contributed by atoms with E-state index in [0.717, 1.165) is 11.6 Å². The molecule has 0 aliphatic heterocycles. The maximum absolute atomic E-state index is 5.43. The first-order valence-corrected chi connectivity index (χ1v) is 7.40. The van der Waals surface area contributed by atoms with Crippen LogP contribution in [0.15, 0.2) is 6.07 Å². The molecule has 4 heteroatoms. The molecule has 0 spiro atoms. The molecule has 1 N–H and O–H groups in total. The lowest BCUT2D eigenvalue weighted by Gasteiger charge is -2.15. The van der Waals surface area contributed by atoms with Crippen molar-refractivity contribution in [2.45, 2.75) is 65.8 Å². The second kappa shape index (κ2) is 8.73. The predicted octanol–water partition coefficient (Wildman–Crippen LogP) is 3.95. The molecule has 4 nitrogen and oxygen atoms in total. The largest absolute Gasteiger partial charge is 0.478 e. The molecule has 0 aliphatic rings. The Hall–Kier alpha value is -1.32. The van der Waals surface area contributed by atoms with Crippen molar-refractivity contribution in [2.24, 2.45) is 0 Å². The highest BCUT2D eigenvalue weighted by Crippen LogP contribution is 2.16. The molecule has 1 atom stereocenters. The van der Waals surface area contributed by atoms with Crippen molar-refractivity contribution in [3.63, 3.8) is 0 Å². The van der Waals surface area contributed by atoms with Crippen LogP contribution in [0.2, 0.25) is 0 Å². The number of nitrogens with zero attached hydrogens (tertiary/aromatic N) is 2. The SMILES string of the molecule is CCCCCCC(C)Nc1cc(OCC)nc(C)n1. The van der Waals surface area contributed by atoms with E-state index in [1.165, 1.54) is 32.1 Å². The van der Waals surface area contributed by atoms with Gasteiger partial charge in [-0.3, -0.25) is 0 Å². The Labute approximate surface area is 117 Å². The Morgan fingerprint density at radius 2 is 2.00 bits per heavy atom. The molecular weight excluding hydrogens is 238 g/mol. The van der Waals surface area contributed by atoms with Gasteiger partial charge in [-0.15, -0.1) is 0 Å². The molecular formula is C15H27N3O. The Morgan fingerprint density at radius 1 is 1.21 bits per heavy atom. The van der Waals surface area contributed by atoms with Crippen LogP contribution in [0, 0.1) is 6.92 Å². The Bertz CT molecular complexity index is 368. The quantitative estimate of drug-likeness (QED) is 0.687. The number of hydrogen-bond acceptors (Lipinski definition) is 4. The third-order valence-electron chi connectivity index (χ3n) is 2.99. The van der Waals surface area contributed by atoms with Gasteiger partial charge in [0.2, 0.25) is 5.88 Å². The molecule has 0 saturated heterocycles. The van der Waals surface area contributed by atoms with Crippen LogP contribution in [-0.4, -0.2) is 22.6 Å². The second-order valence-corrected chi connectivity index (χ2v) is 4.97. The lowest BCUT2D eigenvalue weighted by molar-refractivity contribution is 0.325. The average molecular weight is 265 g/mol. The van der Waals surface area contributed by atoms with Crippen LogP contribution in [0.3, 0.4) is 0 Å². The van der Waals surface area contributed by atoms with Gasteiger partial charge in [0.05, 0.1) is 6.61 Å². The average Bonchev–Trinajstić information content (AvgIpc) is 2.34. The summed E-state index contributed by atoms with van der Waals surface area (Å²) in [5, 5.41) is 3.43. The molecule has 108 valence electrons. The molecule has 1 heterocycles. The zero-order valence-electron chi connectivity index (χ0n) is 12.7. The van der Waals surface area contributed by atoms with E-state index < -0.39 is 0 Å². The fraction of sp³-hybridized carbons (Fsp3) is 0.733. The topological polar surface area (TPSA) is 47.0 Å². The van der Waals surface area contributed by atoms with Crippen LogP contribution in [0.25, 0.3) is 0 Å². The number of rotatable bonds is 9. The smallest absolute Gasteiger partial charge is 0.218 e. The summed E-state index contributed by atoms with van der Waals surface area (Å²) in [6.45, 7) is 8.91. The summed E-state index contributed by atoms with van der Waals surface area (Å²) in [6, 6.07) is 2.31. The van der Waals surface area contributed by atoms with E-state index in [0.29, 0.717) is 18.5 Å². The fourth-order valence-corrected chi connectivity index (χ4v) is 2.04. The van der Waals surface area contributed by atoms with E-state index in [2.05, 4.69) is 29.1 Å². The van der Waals surface area contributed by atoms with Gasteiger partial charge in [-0.05, 0) is 27.2 Å². The maximum atomic E-state index is 5.43. The molecule has 1 rings (SSSR count). The van der Waals surface area contributed by atoms with Crippen LogP contribution in [0.4, 0.5) is 5.82 Å². The molecule has 0 aromatic carbocycles. The molecule has 0 saturated carbocycles. The molecule has 19 heavy (non-hydrogen) atoms. The Morgan fingerprint density at radius 3 is 2.68 bits per heavy atom. The monoisotopic (exact) mass is 265 g/mol. The Kier molecular flexibility index (Phi) is 7.23. The van der Waals surface area contributed by atoms with Crippen molar-refractivity contribution in [1.82, 2.24) is 9.97 Å². The summed E-state index contributed by atoms with van der Waals surface area (Å²) in [6.07, 6.45) is 6.37. The van der Waals surface area contributed by atoms with E-state index in [9.17, 15) is 0 Å². The maximum Gasteiger partial charge on any atom is 0.218 e. The van der Waals surface area contributed by atoms with Gasteiger partial charge in [0.15, 0.2) is 0 Å². The van der Waals surface area contributed by atoms with Gasteiger partial charge in [-0.2, -0.15) is 4.98 Å².